The Hall–Kier alpha value is -3.02. The van der Waals surface area contributed by atoms with Gasteiger partial charge in [0.1, 0.15) is 17.5 Å². The van der Waals surface area contributed by atoms with E-state index in [9.17, 15) is 9.59 Å². The molecule has 3 rings (SSSR count). The number of benzene rings is 2. The van der Waals surface area contributed by atoms with Gasteiger partial charge < -0.3 is 19.7 Å². The molecule has 1 aliphatic rings. The van der Waals surface area contributed by atoms with Gasteiger partial charge in [0.25, 0.3) is 5.91 Å². The average Bonchev–Trinajstić information content (AvgIpc) is 2.91. The molecule has 1 N–H and O–H groups in total. The van der Waals surface area contributed by atoms with Crippen LogP contribution in [0.15, 0.2) is 36.4 Å². The molecule has 2 aromatic carbocycles. The molecule has 1 unspecified atom stereocenters. The number of nitrogens with zero attached hydrogens (tertiary/aromatic N) is 1. The molecule has 6 heteroatoms. The largest absolute Gasteiger partial charge is 0.497 e. The summed E-state index contributed by atoms with van der Waals surface area (Å²) in [4.78, 5) is 26.3. The molecule has 0 spiro atoms. The van der Waals surface area contributed by atoms with Gasteiger partial charge in [0.15, 0.2) is 0 Å². The summed E-state index contributed by atoms with van der Waals surface area (Å²) < 4.78 is 10.9. The van der Waals surface area contributed by atoms with Gasteiger partial charge in [0.05, 0.1) is 19.4 Å². The summed E-state index contributed by atoms with van der Waals surface area (Å²) in [6.07, 6.45) is 0.678. The van der Waals surface area contributed by atoms with Crippen molar-refractivity contribution in [2.75, 3.05) is 25.2 Å². The molecule has 1 aliphatic heterocycles. The molecule has 2 aromatic rings. The van der Waals surface area contributed by atoms with E-state index < -0.39 is 6.04 Å². The zero-order valence-electron chi connectivity index (χ0n) is 16.7. The number of nitrogens with one attached hydrogen (secondary N) is 1. The first kappa shape index (κ1) is 19.7. The molecule has 1 heterocycles. The van der Waals surface area contributed by atoms with E-state index >= 15 is 0 Å². The third-order valence-corrected chi connectivity index (χ3v) is 4.77. The van der Waals surface area contributed by atoms with Gasteiger partial charge in [-0.3, -0.25) is 9.59 Å². The van der Waals surface area contributed by atoms with Crippen LogP contribution in [-0.2, 0) is 9.59 Å². The molecule has 1 atom stereocenters. The monoisotopic (exact) mass is 382 g/mol. The van der Waals surface area contributed by atoms with E-state index in [1.54, 1.807) is 12.0 Å². The summed E-state index contributed by atoms with van der Waals surface area (Å²) in [7, 11) is 1.62. The van der Waals surface area contributed by atoms with Crippen LogP contribution in [0.5, 0.6) is 11.5 Å². The van der Waals surface area contributed by atoms with Crippen LogP contribution < -0.4 is 19.7 Å². The number of methoxy groups -OCH3 is 1. The number of hydrogen-bond donors (Lipinski definition) is 1. The number of ether oxygens (including phenoxy) is 2. The van der Waals surface area contributed by atoms with Crippen LogP contribution in [0.2, 0.25) is 0 Å². The van der Waals surface area contributed by atoms with Gasteiger partial charge in [-0.25, -0.2) is 0 Å². The van der Waals surface area contributed by atoms with Crippen LogP contribution >= 0.6 is 0 Å². The molecule has 148 valence electrons. The number of carbonyl (C=O) groups is 2. The van der Waals surface area contributed by atoms with E-state index in [1.165, 1.54) is 6.92 Å². The van der Waals surface area contributed by atoms with Crippen molar-refractivity contribution in [3.63, 3.8) is 0 Å². The van der Waals surface area contributed by atoms with Gasteiger partial charge in [-0.05, 0) is 50.1 Å². The number of hydrogen-bond acceptors (Lipinski definition) is 4. The molecule has 28 heavy (non-hydrogen) atoms. The Morgan fingerprint density at radius 3 is 2.46 bits per heavy atom. The van der Waals surface area contributed by atoms with Gasteiger partial charge in [-0.2, -0.15) is 0 Å². The van der Waals surface area contributed by atoms with E-state index in [0.717, 1.165) is 33.9 Å². The molecule has 0 radical (unpaired) electrons. The first-order chi connectivity index (χ1) is 13.4. The highest BCUT2D eigenvalue weighted by Crippen LogP contribution is 2.39. The zero-order valence-corrected chi connectivity index (χ0v) is 16.7. The molecular weight excluding hydrogens is 356 g/mol. The highest BCUT2D eigenvalue weighted by molar-refractivity contribution is 6.06. The number of aryl methyl sites for hydroxylation is 2. The second kappa shape index (κ2) is 8.33. The van der Waals surface area contributed by atoms with Crippen molar-refractivity contribution in [1.82, 2.24) is 5.32 Å². The summed E-state index contributed by atoms with van der Waals surface area (Å²) in [5.74, 6) is 1.23. The minimum absolute atomic E-state index is 0.0941. The first-order valence-corrected chi connectivity index (χ1v) is 9.37. The van der Waals surface area contributed by atoms with Gasteiger partial charge in [0, 0.05) is 19.0 Å². The van der Waals surface area contributed by atoms with Crippen molar-refractivity contribution in [2.24, 2.45) is 0 Å². The molecule has 0 saturated heterocycles. The second-order valence-electron chi connectivity index (χ2n) is 7.02. The van der Waals surface area contributed by atoms with Gasteiger partial charge in [-0.1, -0.05) is 17.7 Å². The highest BCUT2D eigenvalue weighted by Gasteiger charge is 2.38. The summed E-state index contributed by atoms with van der Waals surface area (Å²) in [6.45, 7) is 6.44. The number of rotatable bonds is 7. The lowest BCUT2D eigenvalue weighted by Gasteiger charge is -2.20. The Balaban J connectivity index is 1.68. The van der Waals surface area contributed by atoms with Crippen molar-refractivity contribution in [2.45, 2.75) is 33.2 Å². The average molecular weight is 382 g/mol. The fourth-order valence-electron chi connectivity index (χ4n) is 3.63. The van der Waals surface area contributed by atoms with Crippen molar-refractivity contribution in [1.29, 1.82) is 0 Å². The molecule has 0 saturated carbocycles. The quantitative estimate of drug-likeness (QED) is 0.746. The Kier molecular flexibility index (Phi) is 5.87. The smallest absolute Gasteiger partial charge is 0.254 e. The highest BCUT2D eigenvalue weighted by atomic mass is 16.5. The van der Waals surface area contributed by atoms with Crippen molar-refractivity contribution < 1.29 is 19.1 Å². The van der Waals surface area contributed by atoms with Gasteiger partial charge in [0.2, 0.25) is 5.91 Å². The predicted molar refractivity (Wildman–Crippen MR) is 108 cm³/mol. The van der Waals surface area contributed by atoms with E-state index in [1.807, 2.05) is 44.2 Å². The fraction of sp³-hybridized carbons (Fsp3) is 0.364. The maximum absolute atomic E-state index is 13.0. The lowest BCUT2D eigenvalue weighted by molar-refractivity contribution is -0.126. The number of anilines is 1. The third-order valence-electron chi connectivity index (χ3n) is 4.77. The molecule has 2 amide bonds. The van der Waals surface area contributed by atoms with Crippen LogP contribution in [0, 0.1) is 13.8 Å². The Morgan fingerprint density at radius 2 is 1.82 bits per heavy atom. The normalized spacial score (nSPS) is 15.4. The lowest BCUT2D eigenvalue weighted by Crippen LogP contribution is -2.37. The zero-order chi connectivity index (χ0) is 20.3. The number of fused-ring (bicyclic) bond motifs is 1. The summed E-state index contributed by atoms with van der Waals surface area (Å²) in [5.41, 5.74) is 3.88. The standard InChI is InChI=1S/C22H26N2O4/c1-14-12-15(2)21-19(13-14)20(23-16(3)25)22(26)24(21)10-5-11-28-18-8-6-17(27-4)7-9-18/h6-9,12-13,20H,5,10-11H2,1-4H3,(H,23,25). The van der Waals surface area contributed by atoms with Crippen LogP contribution in [0.25, 0.3) is 0 Å². The molecule has 0 fully saturated rings. The summed E-state index contributed by atoms with van der Waals surface area (Å²) in [6, 6.07) is 10.8. The fourth-order valence-corrected chi connectivity index (χ4v) is 3.63. The number of amides is 2. The number of carbonyl (C=O) groups excluding carboxylic acids is 2. The Labute approximate surface area is 165 Å². The van der Waals surface area contributed by atoms with Crippen LogP contribution in [-0.4, -0.2) is 32.1 Å². The van der Waals surface area contributed by atoms with E-state index in [2.05, 4.69) is 11.4 Å². The van der Waals surface area contributed by atoms with Gasteiger partial charge in [-0.15, -0.1) is 0 Å². The van der Waals surface area contributed by atoms with Crippen molar-refractivity contribution in [3.05, 3.63) is 53.1 Å². The van der Waals surface area contributed by atoms with E-state index in [4.69, 9.17) is 9.47 Å². The SMILES string of the molecule is COc1ccc(OCCCN2C(=O)C(NC(C)=O)c3cc(C)cc(C)c32)cc1. The Bertz CT molecular complexity index is 877. The molecular formula is C22H26N2O4. The van der Waals surface area contributed by atoms with Crippen molar-refractivity contribution in [3.8, 4) is 11.5 Å². The first-order valence-electron chi connectivity index (χ1n) is 9.37. The van der Waals surface area contributed by atoms with E-state index in [-0.39, 0.29) is 11.8 Å². The predicted octanol–water partition coefficient (Wildman–Crippen LogP) is 3.30. The van der Waals surface area contributed by atoms with Crippen LogP contribution in [0.3, 0.4) is 0 Å². The third kappa shape index (κ3) is 4.11. The summed E-state index contributed by atoms with van der Waals surface area (Å²) >= 11 is 0. The minimum Gasteiger partial charge on any atom is -0.497 e. The van der Waals surface area contributed by atoms with Gasteiger partial charge >= 0.3 is 0 Å². The summed E-state index contributed by atoms with van der Waals surface area (Å²) in [5, 5.41) is 2.79. The van der Waals surface area contributed by atoms with Crippen molar-refractivity contribution >= 4 is 17.5 Å². The molecule has 6 nitrogen and oxygen atoms in total. The van der Waals surface area contributed by atoms with E-state index in [0.29, 0.717) is 19.6 Å². The molecule has 0 bridgehead atoms. The maximum Gasteiger partial charge on any atom is 0.254 e. The lowest BCUT2D eigenvalue weighted by atomic mass is 10.0. The minimum atomic E-state index is -0.617. The molecule has 0 aliphatic carbocycles. The topological polar surface area (TPSA) is 67.9 Å². The van der Waals surface area contributed by atoms with Crippen LogP contribution in [0.1, 0.15) is 36.1 Å². The van der Waals surface area contributed by atoms with Crippen LogP contribution in [0.4, 0.5) is 5.69 Å². The Morgan fingerprint density at radius 1 is 1.14 bits per heavy atom. The second-order valence-corrected chi connectivity index (χ2v) is 7.02. The molecule has 0 aromatic heterocycles. The maximum atomic E-state index is 13.0.